The highest BCUT2D eigenvalue weighted by Gasteiger charge is 2.27. The molecule has 1 atom stereocenters. The van der Waals surface area contributed by atoms with Crippen LogP contribution in [0.15, 0.2) is 29.3 Å². The number of likely N-dealkylation sites (tertiary alicyclic amines) is 1. The minimum Gasteiger partial charge on any atom is -0.444 e. The summed E-state index contributed by atoms with van der Waals surface area (Å²) in [4.78, 5) is 21.0. The zero-order chi connectivity index (χ0) is 22.3. The smallest absolute Gasteiger partial charge is 0.407 e. The second kappa shape index (κ2) is 12.6. The lowest BCUT2D eigenvalue weighted by Crippen LogP contribution is -2.44. The van der Waals surface area contributed by atoms with Gasteiger partial charge in [0, 0.05) is 46.3 Å². The molecule has 1 amide bonds. The Morgan fingerprint density at radius 1 is 1.16 bits per heavy atom. The van der Waals surface area contributed by atoms with Crippen LogP contribution in [0, 0.1) is 0 Å². The van der Waals surface area contributed by atoms with E-state index in [2.05, 4.69) is 49.7 Å². The Hall–Kier alpha value is -1.59. The van der Waals surface area contributed by atoms with Crippen molar-refractivity contribution in [3.05, 3.63) is 35.4 Å². The van der Waals surface area contributed by atoms with Crippen molar-refractivity contribution in [2.45, 2.75) is 51.9 Å². The second-order valence-corrected chi connectivity index (χ2v) is 9.18. The third kappa shape index (κ3) is 8.74. The van der Waals surface area contributed by atoms with E-state index in [9.17, 15) is 4.79 Å². The van der Waals surface area contributed by atoms with Crippen LogP contribution in [-0.2, 0) is 22.6 Å². The van der Waals surface area contributed by atoms with E-state index in [1.807, 2.05) is 20.8 Å². The molecule has 1 aromatic carbocycles. The quantitative estimate of drug-likeness (QED) is 0.329. The van der Waals surface area contributed by atoms with E-state index in [1.165, 1.54) is 11.1 Å². The van der Waals surface area contributed by atoms with Gasteiger partial charge in [-0.05, 0) is 38.3 Å². The van der Waals surface area contributed by atoms with Crippen molar-refractivity contribution >= 4 is 36.0 Å². The predicted molar refractivity (Wildman–Crippen MR) is 137 cm³/mol. The summed E-state index contributed by atoms with van der Waals surface area (Å²) < 4.78 is 10.8. The summed E-state index contributed by atoms with van der Waals surface area (Å²) in [7, 11) is 1.79. The van der Waals surface area contributed by atoms with E-state index in [-0.39, 0.29) is 36.1 Å². The standard InChI is InChI=1S/C23H37N5O3.HI/c1-23(2,3)31-22(29)26-20-9-10-28(17-20)21(24-4)25-15-18-5-7-19(8-6-18)16-27-11-13-30-14-12-27;/h5-8,20H,9-17H2,1-4H3,(H,24,25)(H,26,29);1H. The Labute approximate surface area is 209 Å². The molecular weight excluding hydrogens is 521 g/mol. The van der Waals surface area contributed by atoms with Gasteiger partial charge in [-0.25, -0.2) is 4.79 Å². The van der Waals surface area contributed by atoms with Crippen molar-refractivity contribution in [2.24, 2.45) is 4.99 Å². The van der Waals surface area contributed by atoms with E-state index >= 15 is 0 Å². The molecule has 2 heterocycles. The molecule has 8 nitrogen and oxygen atoms in total. The Kier molecular flexibility index (Phi) is 10.5. The molecule has 2 aliphatic rings. The number of carbonyl (C=O) groups is 1. The molecular formula is C23H38IN5O3. The average Bonchev–Trinajstić information content (AvgIpc) is 3.17. The van der Waals surface area contributed by atoms with Gasteiger partial charge >= 0.3 is 6.09 Å². The van der Waals surface area contributed by atoms with E-state index in [0.717, 1.165) is 58.3 Å². The fraction of sp³-hybridized carbons (Fsp3) is 0.652. The second-order valence-electron chi connectivity index (χ2n) is 9.18. The lowest BCUT2D eigenvalue weighted by Gasteiger charge is -2.26. The molecule has 1 aromatic rings. The van der Waals surface area contributed by atoms with Crippen LogP contribution in [0.1, 0.15) is 38.3 Å². The molecule has 0 spiro atoms. The van der Waals surface area contributed by atoms with E-state index < -0.39 is 5.60 Å². The molecule has 0 aromatic heterocycles. The molecule has 1 unspecified atom stereocenters. The number of benzene rings is 1. The zero-order valence-electron chi connectivity index (χ0n) is 19.7. The lowest BCUT2D eigenvalue weighted by molar-refractivity contribution is 0.0342. The first-order valence-electron chi connectivity index (χ1n) is 11.2. The number of amides is 1. The van der Waals surface area contributed by atoms with Crippen LogP contribution in [0.3, 0.4) is 0 Å². The van der Waals surface area contributed by atoms with Gasteiger partial charge in [0.05, 0.1) is 19.3 Å². The molecule has 0 saturated carbocycles. The summed E-state index contributed by atoms with van der Waals surface area (Å²) in [5.74, 6) is 0.853. The highest BCUT2D eigenvalue weighted by atomic mass is 127. The summed E-state index contributed by atoms with van der Waals surface area (Å²) in [6, 6.07) is 8.81. The lowest BCUT2D eigenvalue weighted by atomic mass is 10.1. The van der Waals surface area contributed by atoms with Gasteiger partial charge in [-0.2, -0.15) is 0 Å². The summed E-state index contributed by atoms with van der Waals surface area (Å²) >= 11 is 0. The number of ether oxygens (including phenoxy) is 2. The number of guanidine groups is 1. The van der Waals surface area contributed by atoms with E-state index in [1.54, 1.807) is 7.05 Å². The normalized spacial score (nSPS) is 19.9. The number of rotatable bonds is 5. The summed E-state index contributed by atoms with van der Waals surface area (Å²) in [5.41, 5.74) is 2.05. The third-order valence-electron chi connectivity index (χ3n) is 5.40. The fourth-order valence-electron chi connectivity index (χ4n) is 3.84. The third-order valence-corrected chi connectivity index (χ3v) is 5.40. The van der Waals surface area contributed by atoms with Crippen LogP contribution in [0.2, 0.25) is 0 Å². The van der Waals surface area contributed by atoms with Crippen molar-refractivity contribution in [3.8, 4) is 0 Å². The van der Waals surface area contributed by atoms with Crippen molar-refractivity contribution in [1.82, 2.24) is 20.4 Å². The van der Waals surface area contributed by atoms with Gasteiger partial charge in [-0.3, -0.25) is 9.89 Å². The van der Waals surface area contributed by atoms with Crippen LogP contribution in [-0.4, -0.2) is 79.9 Å². The van der Waals surface area contributed by atoms with Gasteiger partial charge in [0.1, 0.15) is 5.60 Å². The Morgan fingerprint density at radius 2 is 1.81 bits per heavy atom. The molecule has 2 saturated heterocycles. The first-order valence-corrected chi connectivity index (χ1v) is 11.2. The van der Waals surface area contributed by atoms with Crippen LogP contribution in [0.4, 0.5) is 4.79 Å². The maximum Gasteiger partial charge on any atom is 0.407 e. The SMILES string of the molecule is CN=C(NCc1ccc(CN2CCOCC2)cc1)N1CCC(NC(=O)OC(C)(C)C)C1.I. The number of hydrogen-bond acceptors (Lipinski definition) is 5. The number of nitrogens with one attached hydrogen (secondary N) is 2. The van der Waals surface area contributed by atoms with Gasteiger partial charge < -0.3 is 25.0 Å². The van der Waals surface area contributed by atoms with Crippen LogP contribution in [0.25, 0.3) is 0 Å². The monoisotopic (exact) mass is 559 g/mol. The molecule has 180 valence electrons. The minimum absolute atomic E-state index is 0. The molecule has 0 aliphatic carbocycles. The Bertz CT molecular complexity index is 745. The average molecular weight is 559 g/mol. The molecule has 2 aliphatic heterocycles. The molecule has 9 heteroatoms. The maximum atomic E-state index is 12.0. The number of carbonyl (C=O) groups excluding carboxylic acids is 1. The van der Waals surface area contributed by atoms with Crippen LogP contribution >= 0.6 is 24.0 Å². The fourth-order valence-corrected chi connectivity index (χ4v) is 3.84. The van der Waals surface area contributed by atoms with Crippen molar-refractivity contribution < 1.29 is 14.3 Å². The molecule has 2 fully saturated rings. The summed E-state index contributed by atoms with van der Waals surface area (Å²) in [6.45, 7) is 12.5. The first-order chi connectivity index (χ1) is 14.8. The van der Waals surface area contributed by atoms with E-state index in [0.29, 0.717) is 6.54 Å². The Morgan fingerprint density at radius 3 is 2.44 bits per heavy atom. The highest BCUT2D eigenvalue weighted by Crippen LogP contribution is 2.13. The molecule has 0 radical (unpaired) electrons. The molecule has 32 heavy (non-hydrogen) atoms. The highest BCUT2D eigenvalue weighted by molar-refractivity contribution is 14.0. The first kappa shape index (κ1) is 26.7. The maximum absolute atomic E-state index is 12.0. The van der Waals surface area contributed by atoms with Gasteiger partial charge in [0.15, 0.2) is 5.96 Å². The largest absolute Gasteiger partial charge is 0.444 e. The number of aliphatic imine (C=N–C) groups is 1. The van der Waals surface area contributed by atoms with Crippen molar-refractivity contribution in [1.29, 1.82) is 0 Å². The van der Waals surface area contributed by atoms with Gasteiger partial charge in [0.25, 0.3) is 0 Å². The minimum atomic E-state index is -0.488. The van der Waals surface area contributed by atoms with Crippen molar-refractivity contribution in [3.63, 3.8) is 0 Å². The van der Waals surface area contributed by atoms with Gasteiger partial charge in [-0.15, -0.1) is 24.0 Å². The zero-order valence-corrected chi connectivity index (χ0v) is 22.1. The number of morpholine rings is 1. The molecule has 2 N–H and O–H groups in total. The number of nitrogens with zero attached hydrogens (tertiary/aromatic N) is 3. The van der Waals surface area contributed by atoms with Crippen molar-refractivity contribution in [2.75, 3.05) is 46.4 Å². The number of halogens is 1. The number of hydrogen-bond donors (Lipinski definition) is 2. The van der Waals surface area contributed by atoms with Crippen LogP contribution in [0.5, 0.6) is 0 Å². The van der Waals surface area contributed by atoms with Gasteiger partial charge in [-0.1, -0.05) is 24.3 Å². The van der Waals surface area contributed by atoms with E-state index in [4.69, 9.17) is 9.47 Å². The summed E-state index contributed by atoms with van der Waals surface area (Å²) in [6.07, 6.45) is 0.510. The number of alkyl carbamates (subject to hydrolysis) is 1. The summed E-state index contributed by atoms with van der Waals surface area (Å²) in [5, 5.41) is 6.41. The Balaban J connectivity index is 0.00000363. The predicted octanol–water partition coefficient (Wildman–Crippen LogP) is 2.81. The molecule has 0 bridgehead atoms. The van der Waals surface area contributed by atoms with Crippen LogP contribution < -0.4 is 10.6 Å². The van der Waals surface area contributed by atoms with Gasteiger partial charge in [0.2, 0.25) is 0 Å². The molecule has 3 rings (SSSR count). The topological polar surface area (TPSA) is 78.4 Å².